The second-order valence-corrected chi connectivity index (χ2v) is 5.58. The quantitative estimate of drug-likeness (QED) is 0.455. The summed E-state index contributed by atoms with van der Waals surface area (Å²) in [5, 5.41) is 23.1. The number of hydrogen-bond donors (Lipinski definition) is 4. The Hall–Kier alpha value is -1.30. The summed E-state index contributed by atoms with van der Waals surface area (Å²) in [7, 11) is 0. The number of nitrogens with two attached hydrogens (primary N) is 1. The van der Waals surface area contributed by atoms with E-state index in [-0.39, 0.29) is 23.7 Å². The van der Waals surface area contributed by atoms with E-state index in [2.05, 4.69) is 12.2 Å². The van der Waals surface area contributed by atoms with Crippen molar-refractivity contribution >= 4 is 0 Å². The lowest BCUT2D eigenvalue weighted by Gasteiger charge is -2.32. The number of nitrogens with one attached hydrogen (secondary N) is 1. The molecule has 1 heterocycles. The zero-order valence-electron chi connectivity index (χ0n) is 12.6. The minimum atomic E-state index is -0.200. The third kappa shape index (κ3) is 3.87. The zero-order valence-corrected chi connectivity index (χ0v) is 12.6. The molecule has 0 bridgehead atoms. The second-order valence-electron chi connectivity index (χ2n) is 5.58. The van der Waals surface area contributed by atoms with Gasteiger partial charge in [-0.2, -0.15) is 0 Å². The van der Waals surface area contributed by atoms with Crippen molar-refractivity contribution in [2.24, 2.45) is 5.73 Å². The van der Waals surface area contributed by atoms with Gasteiger partial charge in [-0.05, 0) is 44.0 Å². The molecule has 2 rings (SSSR count). The van der Waals surface area contributed by atoms with Crippen molar-refractivity contribution in [3.8, 4) is 11.5 Å². The molecule has 0 saturated carbocycles. The van der Waals surface area contributed by atoms with Crippen molar-refractivity contribution in [1.82, 2.24) is 5.32 Å². The third-order valence-corrected chi connectivity index (χ3v) is 3.95. The minimum absolute atomic E-state index is 0.0247. The molecule has 0 aliphatic carbocycles. The molecule has 1 aromatic rings. The molecule has 5 nitrogen and oxygen atoms in total. The van der Waals surface area contributed by atoms with E-state index >= 15 is 0 Å². The molecular formula is C16H26N2O3. The lowest BCUT2D eigenvalue weighted by atomic mass is 9.91. The average molecular weight is 294 g/mol. The number of rotatable bonds is 7. The SMILES string of the molecule is CCCNCCCC1Cc2c(ccc(O)c2O)C(CN)O1. The summed E-state index contributed by atoms with van der Waals surface area (Å²) < 4.78 is 6.02. The van der Waals surface area contributed by atoms with E-state index < -0.39 is 0 Å². The Balaban J connectivity index is 2.00. The largest absolute Gasteiger partial charge is 0.504 e. The number of aromatic hydroxyl groups is 2. The van der Waals surface area contributed by atoms with Gasteiger partial charge in [0.25, 0.3) is 0 Å². The van der Waals surface area contributed by atoms with Crippen LogP contribution >= 0.6 is 0 Å². The monoisotopic (exact) mass is 294 g/mol. The summed E-state index contributed by atoms with van der Waals surface area (Å²) in [4.78, 5) is 0. The van der Waals surface area contributed by atoms with Crippen molar-refractivity contribution in [3.05, 3.63) is 23.3 Å². The summed E-state index contributed by atoms with van der Waals surface area (Å²) >= 11 is 0. The smallest absolute Gasteiger partial charge is 0.161 e. The summed E-state index contributed by atoms with van der Waals surface area (Å²) in [6.45, 7) is 4.53. The Morgan fingerprint density at radius 3 is 2.86 bits per heavy atom. The molecule has 1 aromatic carbocycles. The fourth-order valence-electron chi connectivity index (χ4n) is 2.85. The van der Waals surface area contributed by atoms with Crippen molar-refractivity contribution in [2.45, 2.75) is 44.8 Å². The Morgan fingerprint density at radius 2 is 2.14 bits per heavy atom. The number of phenols is 2. The van der Waals surface area contributed by atoms with Crippen molar-refractivity contribution < 1.29 is 14.9 Å². The van der Waals surface area contributed by atoms with Crippen LogP contribution in [0.3, 0.4) is 0 Å². The highest BCUT2D eigenvalue weighted by Crippen LogP contribution is 2.40. The van der Waals surface area contributed by atoms with Gasteiger partial charge in [0.05, 0.1) is 12.2 Å². The number of phenolic OH excluding ortho intramolecular Hbond substituents is 2. The predicted octanol–water partition coefficient (Wildman–Crippen LogP) is 1.82. The molecule has 0 spiro atoms. The molecule has 0 saturated heterocycles. The van der Waals surface area contributed by atoms with E-state index in [1.807, 2.05) is 0 Å². The molecule has 5 heteroatoms. The minimum Gasteiger partial charge on any atom is -0.504 e. The van der Waals surface area contributed by atoms with Gasteiger partial charge in [0.15, 0.2) is 11.5 Å². The van der Waals surface area contributed by atoms with Crippen LogP contribution in [0.25, 0.3) is 0 Å². The molecule has 2 atom stereocenters. The van der Waals surface area contributed by atoms with E-state index in [4.69, 9.17) is 10.5 Å². The lowest BCUT2D eigenvalue weighted by molar-refractivity contribution is -0.0260. The number of benzene rings is 1. The fourth-order valence-corrected chi connectivity index (χ4v) is 2.85. The summed E-state index contributed by atoms with van der Waals surface area (Å²) in [6, 6.07) is 3.29. The van der Waals surface area contributed by atoms with Crippen LogP contribution < -0.4 is 11.1 Å². The number of hydrogen-bond acceptors (Lipinski definition) is 5. The first-order valence-corrected chi connectivity index (χ1v) is 7.77. The molecule has 2 unspecified atom stereocenters. The van der Waals surface area contributed by atoms with Gasteiger partial charge in [0.2, 0.25) is 0 Å². The number of fused-ring (bicyclic) bond motifs is 1. The molecule has 0 amide bonds. The topological polar surface area (TPSA) is 87.7 Å². The van der Waals surface area contributed by atoms with Gasteiger partial charge in [0.1, 0.15) is 0 Å². The highest BCUT2D eigenvalue weighted by atomic mass is 16.5. The van der Waals surface area contributed by atoms with Gasteiger partial charge in [0, 0.05) is 18.5 Å². The third-order valence-electron chi connectivity index (χ3n) is 3.95. The Bertz CT molecular complexity index is 465. The van der Waals surface area contributed by atoms with Crippen LogP contribution in [-0.4, -0.2) is 36.0 Å². The summed E-state index contributed by atoms with van der Waals surface area (Å²) in [5.41, 5.74) is 7.46. The first kappa shape index (κ1) is 16.1. The normalized spacial score (nSPS) is 21.2. The molecule has 1 aliphatic rings. The molecule has 0 aromatic heterocycles. The first-order valence-electron chi connectivity index (χ1n) is 7.77. The van der Waals surface area contributed by atoms with Crippen LogP contribution in [0.4, 0.5) is 0 Å². The van der Waals surface area contributed by atoms with E-state index in [1.165, 1.54) is 6.07 Å². The van der Waals surface area contributed by atoms with Gasteiger partial charge in [-0.25, -0.2) is 0 Å². The molecule has 1 aliphatic heterocycles. The highest BCUT2D eigenvalue weighted by Gasteiger charge is 2.29. The van der Waals surface area contributed by atoms with Crippen molar-refractivity contribution in [2.75, 3.05) is 19.6 Å². The van der Waals surface area contributed by atoms with Crippen molar-refractivity contribution in [3.63, 3.8) is 0 Å². The summed E-state index contributed by atoms with van der Waals surface area (Å²) in [5.74, 6) is -0.0989. The van der Waals surface area contributed by atoms with E-state index in [0.717, 1.165) is 43.5 Å². The van der Waals surface area contributed by atoms with Gasteiger partial charge in [-0.1, -0.05) is 13.0 Å². The molecule has 118 valence electrons. The maximum absolute atomic E-state index is 10.1. The number of ether oxygens (including phenoxy) is 1. The Labute approximate surface area is 126 Å². The second kappa shape index (κ2) is 7.64. The van der Waals surface area contributed by atoms with Gasteiger partial charge in [-0.15, -0.1) is 0 Å². The molecule has 5 N–H and O–H groups in total. The maximum atomic E-state index is 10.1. The van der Waals surface area contributed by atoms with Crippen LogP contribution in [0.5, 0.6) is 11.5 Å². The van der Waals surface area contributed by atoms with Crippen LogP contribution in [0.1, 0.15) is 43.4 Å². The van der Waals surface area contributed by atoms with Crippen molar-refractivity contribution in [1.29, 1.82) is 0 Å². The predicted molar refractivity (Wildman–Crippen MR) is 82.5 cm³/mol. The van der Waals surface area contributed by atoms with Gasteiger partial charge in [-0.3, -0.25) is 0 Å². The highest BCUT2D eigenvalue weighted by molar-refractivity contribution is 5.50. The van der Waals surface area contributed by atoms with Crippen LogP contribution in [0.15, 0.2) is 12.1 Å². The average Bonchev–Trinajstić information content (AvgIpc) is 2.50. The van der Waals surface area contributed by atoms with Gasteiger partial charge >= 0.3 is 0 Å². The Morgan fingerprint density at radius 1 is 1.33 bits per heavy atom. The zero-order chi connectivity index (χ0) is 15.2. The van der Waals surface area contributed by atoms with Crippen LogP contribution in [0, 0.1) is 0 Å². The lowest BCUT2D eigenvalue weighted by Crippen LogP contribution is -2.31. The van der Waals surface area contributed by atoms with Crippen LogP contribution in [-0.2, 0) is 11.2 Å². The van der Waals surface area contributed by atoms with E-state index in [9.17, 15) is 10.2 Å². The molecular weight excluding hydrogens is 268 g/mol. The summed E-state index contributed by atoms with van der Waals surface area (Å²) in [6.07, 6.45) is 3.55. The maximum Gasteiger partial charge on any atom is 0.161 e. The fraction of sp³-hybridized carbons (Fsp3) is 0.625. The molecule has 0 radical (unpaired) electrons. The van der Waals surface area contributed by atoms with E-state index in [1.54, 1.807) is 6.07 Å². The standard InChI is InChI=1S/C16H26N2O3/c1-2-7-18-8-3-4-11-9-13-12(15(10-17)21-11)5-6-14(19)16(13)20/h5-6,11,15,18-20H,2-4,7-10,17H2,1H3. The first-order chi connectivity index (χ1) is 10.2. The van der Waals surface area contributed by atoms with Crippen LogP contribution in [0.2, 0.25) is 0 Å². The van der Waals surface area contributed by atoms with E-state index in [0.29, 0.717) is 13.0 Å². The molecule has 21 heavy (non-hydrogen) atoms. The Kier molecular flexibility index (Phi) is 5.85. The van der Waals surface area contributed by atoms with Gasteiger partial charge < -0.3 is 26.0 Å². The molecule has 0 fully saturated rings.